The molecule has 0 radical (unpaired) electrons. The van der Waals surface area contributed by atoms with Crippen molar-refractivity contribution >= 4 is 53.7 Å². The summed E-state index contributed by atoms with van der Waals surface area (Å²) in [5.74, 6) is 0. The maximum Gasteiger partial charge on any atom is 0.0740 e. The molecular weight excluding hydrogens is 717 g/mol. The molecule has 2 aliphatic carbocycles. The van der Waals surface area contributed by atoms with E-state index in [-0.39, 0.29) is 0 Å². The first-order valence-electron chi connectivity index (χ1n) is 20.2. The maximum atomic E-state index is 2.55. The Morgan fingerprint density at radius 3 is 1.47 bits per heavy atom. The Labute approximate surface area is 340 Å². The van der Waals surface area contributed by atoms with Crippen LogP contribution in [0.4, 0.5) is 0 Å². The largest absolute Gasteiger partial charge is 0.135 e. The molecule has 1 unspecified atom stereocenters. The van der Waals surface area contributed by atoms with Gasteiger partial charge in [-0.15, -0.1) is 11.3 Å². The Bertz CT molecular complexity index is 3500. The normalized spacial score (nSPS) is 15.0. The van der Waals surface area contributed by atoms with Crippen molar-refractivity contribution in [2.75, 3.05) is 0 Å². The van der Waals surface area contributed by atoms with Gasteiger partial charge in [-0.3, -0.25) is 0 Å². The lowest BCUT2D eigenvalue weighted by Gasteiger charge is -2.30. The number of fused-ring (bicyclic) bond motifs is 17. The van der Waals surface area contributed by atoms with Crippen LogP contribution in [0.25, 0.3) is 97.4 Å². The van der Waals surface area contributed by atoms with Crippen molar-refractivity contribution in [1.82, 2.24) is 0 Å². The van der Waals surface area contributed by atoms with Crippen LogP contribution in [0.3, 0.4) is 0 Å². The van der Waals surface area contributed by atoms with Gasteiger partial charge in [-0.1, -0.05) is 182 Å². The zero-order chi connectivity index (χ0) is 38.0. The van der Waals surface area contributed by atoms with E-state index in [0.717, 1.165) is 0 Å². The highest BCUT2D eigenvalue weighted by Gasteiger charge is 2.53. The number of hydrogen-bond acceptors (Lipinski definition) is 1. The molecule has 0 saturated heterocycles. The molecule has 2 aliphatic rings. The average molecular weight is 751 g/mol. The van der Waals surface area contributed by atoms with Gasteiger partial charge in [-0.05, 0) is 134 Å². The molecule has 268 valence electrons. The van der Waals surface area contributed by atoms with Crippen molar-refractivity contribution in [2.45, 2.75) is 5.41 Å². The van der Waals surface area contributed by atoms with E-state index in [1.54, 1.807) is 0 Å². The lowest BCUT2D eigenvalue weighted by molar-refractivity contribution is 0.803. The summed E-state index contributed by atoms with van der Waals surface area (Å²) in [4.78, 5) is 1.40. The van der Waals surface area contributed by atoms with E-state index < -0.39 is 5.41 Å². The average Bonchev–Trinajstić information content (AvgIpc) is 3.92. The second-order valence-corrected chi connectivity index (χ2v) is 16.9. The van der Waals surface area contributed by atoms with Crippen molar-refractivity contribution in [1.29, 1.82) is 0 Å². The Morgan fingerprint density at radius 1 is 0.276 bits per heavy atom. The molecule has 10 aromatic carbocycles. The second-order valence-electron chi connectivity index (χ2n) is 15.9. The Balaban J connectivity index is 1.07. The molecule has 11 aromatic rings. The zero-order valence-corrected chi connectivity index (χ0v) is 32.4. The smallest absolute Gasteiger partial charge is 0.0740 e. The van der Waals surface area contributed by atoms with Gasteiger partial charge in [-0.2, -0.15) is 0 Å². The van der Waals surface area contributed by atoms with Gasteiger partial charge in [-0.25, -0.2) is 0 Å². The molecule has 13 rings (SSSR count). The highest BCUT2D eigenvalue weighted by Crippen LogP contribution is 2.66. The van der Waals surface area contributed by atoms with E-state index in [0.29, 0.717) is 0 Å². The van der Waals surface area contributed by atoms with Crippen molar-refractivity contribution in [3.05, 3.63) is 229 Å². The van der Waals surface area contributed by atoms with Crippen LogP contribution in [0.5, 0.6) is 0 Å². The monoisotopic (exact) mass is 750 g/mol. The number of benzene rings is 10. The molecule has 1 spiro atoms. The van der Waals surface area contributed by atoms with Crippen molar-refractivity contribution < 1.29 is 0 Å². The fraction of sp³-hybridized carbons (Fsp3) is 0.0175. The molecule has 0 amide bonds. The summed E-state index contributed by atoms with van der Waals surface area (Å²) in [6.45, 7) is 0. The van der Waals surface area contributed by atoms with Crippen LogP contribution in [0.2, 0.25) is 0 Å². The van der Waals surface area contributed by atoms with E-state index >= 15 is 0 Å². The summed E-state index contributed by atoms with van der Waals surface area (Å²) in [7, 11) is 0. The molecule has 1 atom stereocenters. The second kappa shape index (κ2) is 12.0. The molecular formula is C57H34S. The lowest BCUT2D eigenvalue weighted by Crippen LogP contribution is -2.25. The first kappa shape index (κ1) is 32.1. The summed E-state index contributed by atoms with van der Waals surface area (Å²) >= 11 is 1.94. The highest BCUT2D eigenvalue weighted by atomic mass is 32.1. The van der Waals surface area contributed by atoms with E-state index in [4.69, 9.17) is 0 Å². The summed E-state index contributed by atoms with van der Waals surface area (Å²) in [5.41, 5.74) is 16.7. The summed E-state index contributed by atoms with van der Waals surface area (Å²) in [5, 5.41) is 9.02. The minimum atomic E-state index is -0.405. The van der Waals surface area contributed by atoms with E-state index in [1.165, 1.54) is 120 Å². The molecule has 0 bridgehead atoms. The van der Waals surface area contributed by atoms with Gasteiger partial charge in [0.2, 0.25) is 0 Å². The van der Waals surface area contributed by atoms with Crippen LogP contribution in [0, 0.1) is 0 Å². The molecule has 0 N–H and O–H groups in total. The predicted molar refractivity (Wildman–Crippen MR) is 247 cm³/mol. The SMILES string of the molecule is c1ccc(-c2ccc(-c3cc4c5ccccc5c(-c5ccc6c(c5)C5(c7ccccc7-6)c6ccccc6-c6sc7ccccc7c65)cc4c4ccccc34)cc2)cc1. The quantitative estimate of drug-likeness (QED) is 0.158. The topological polar surface area (TPSA) is 0 Å². The third kappa shape index (κ3) is 4.24. The third-order valence-electron chi connectivity index (χ3n) is 13.1. The summed E-state index contributed by atoms with van der Waals surface area (Å²) in [6, 6.07) is 77.3. The van der Waals surface area contributed by atoms with Gasteiger partial charge in [0.05, 0.1) is 5.41 Å². The maximum absolute atomic E-state index is 2.55. The molecule has 0 fully saturated rings. The van der Waals surface area contributed by atoms with E-state index in [9.17, 15) is 0 Å². The highest BCUT2D eigenvalue weighted by molar-refractivity contribution is 7.22. The van der Waals surface area contributed by atoms with Crippen LogP contribution < -0.4 is 0 Å². The van der Waals surface area contributed by atoms with Gasteiger partial charge >= 0.3 is 0 Å². The number of rotatable bonds is 3. The van der Waals surface area contributed by atoms with Crippen LogP contribution in [-0.4, -0.2) is 0 Å². The van der Waals surface area contributed by atoms with Gasteiger partial charge in [0.15, 0.2) is 0 Å². The molecule has 1 aromatic heterocycles. The summed E-state index contributed by atoms with van der Waals surface area (Å²) < 4.78 is 1.35. The van der Waals surface area contributed by atoms with Crippen molar-refractivity contribution in [3.8, 4) is 54.9 Å². The minimum absolute atomic E-state index is 0.405. The van der Waals surface area contributed by atoms with Gasteiger partial charge in [0, 0.05) is 9.58 Å². The van der Waals surface area contributed by atoms with Crippen LogP contribution in [0.15, 0.2) is 206 Å². The van der Waals surface area contributed by atoms with E-state index in [1.807, 2.05) is 11.3 Å². The minimum Gasteiger partial charge on any atom is -0.135 e. The molecule has 58 heavy (non-hydrogen) atoms. The van der Waals surface area contributed by atoms with E-state index in [2.05, 4.69) is 206 Å². The molecule has 0 nitrogen and oxygen atoms in total. The van der Waals surface area contributed by atoms with Crippen molar-refractivity contribution in [3.63, 3.8) is 0 Å². The van der Waals surface area contributed by atoms with Crippen LogP contribution >= 0.6 is 11.3 Å². The Hall–Kier alpha value is -7.06. The first-order valence-corrected chi connectivity index (χ1v) is 21.0. The standard InChI is InChI=1S/C57H34S/c1-2-14-35(15-3-1)36-26-28-37(29-27-36)47-33-49-42-19-7-5-17-40(42)48(34-50(49)41-18-6-4-16-39(41)47)38-30-31-44-43-20-8-11-23-51(43)57(53(44)32-38)52-24-12-9-21-45(52)56-55(57)46-22-10-13-25-54(46)58-56/h1-34H. The third-order valence-corrected chi connectivity index (χ3v) is 14.3. The molecule has 1 heterocycles. The van der Waals surface area contributed by atoms with Crippen LogP contribution in [-0.2, 0) is 5.41 Å². The molecule has 0 saturated carbocycles. The van der Waals surface area contributed by atoms with Crippen molar-refractivity contribution in [2.24, 2.45) is 0 Å². The molecule has 1 heteroatoms. The first-order chi connectivity index (χ1) is 28.8. The number of thiophene rings is 1. The zero-order valence-electron chi connectivity index (χ0n) is 31.5. The van der Waals surface area contributed by atoms with Gasteiger partial charge in [0.1, 0.15) is 0 Å². The predicted octanol–water partition coefficient (Wildman–Crippen LogP) is 15.7. The number of hydrogen-bond donors (Lipinski definition) is 0. The molecule has 0 aliphatic heterocycles. The van der Waals surface area contributed by atoms with Gasteiger partial charge < -0.3 is 0 Å². The van der Waals surface area contributed by atoms with Crippen LogP contribution in [0.1, 0.15) is 22.3 Å². The fourth-order valence-electron chi connectivity index (χ4n) is 10.7. The van der Waals surface area contributed by atoms with Gasteiger partial charge in [0.25, 0.3) is 0 Å². The summed E-state index contributed by atoms with van der Waals surface area (Å²) in [6.07, 6.45) is 0. The Kier molecular flexibility index (Phi) is 6.62. The Morgan fingerprint density at radius 2 is 0.759 bits per heavy atom. The fourth-order valence-corrected chi connectivity index (χ4v) is 12.0. The lowest BCUT2D eigenvalue weighted by atomic mass is 9.69.